The van der Waals surface area contributed by atoms with E-state index in [4.69, 9.17) is 0 Å². The Kier molecular flexibility index (Phi) is 3.79. The average molecular weight is 347 g/mol. The lowest BCUT2D eigenvalue weighted by molar-refractivity contribution is 0.801. The Morgan fingerprint density at radius 1 is 0.481 bits per heavy atom. The molecule has 1 aliphatic rings. The van der Waals surface area contributed by atoms with Gasteiger partial charge in [0.1, 0.15) is 5.54 Å². The second-order valence-corrected chi connectivity index (χ2v) is 7.02. The van der Waals surface area contributed by atoms with Gasteiger partial charge in [0.15, 0.2) is 0 Å². The second-order valence-electron chi connectivity index (χ2n) is 7.02. The van der Waals surface area contributed by atoms with E-state index < -0.39 is 0 Å². The molecule has 1 heterocycles. The van der Waals surface area contributed by atoms with Gasteiger partial charge in [0, 0.05) is 5.69 Å². The van der Waals surface area contributed by atoms with E-state index in [1.54, 1.807) is 0 Å². The van der Waals surface area contributed by atoms with Crippen molar-refractivity contribution in [2.75, 3.05) is 4.90 Å². The number of para-hydroxylation sites is 1. The Bertz CT molecular complexity index is 924. The largest absolute Gasteiger partial charge is 0.345 e. The van der Waals surface area contributed by atoms with Crippen LogP contribution in [0.3, 0.4) is 0 Å². The SMILES string of the molecule is c1ccc(C2N(c3ccccc3)C2(c2ccccc2)c2ccccc2)cc1. The Morgan fingerprint density at radius 2 is 0.889 bits per heavy atom. The second kappa shape index (κ2) is 6.44. The molecule has 1 heteroatoms. The van der Waals surface area contributed by atoms with Crippen molar-refractivity contribution in [3.8, 4) is 0 Å². The summed E-state index contributed by atoms with van der Waals surface area (Å²) in [5.74, 6) is 0. The molecular weight excluding hydrogens is 326 g/mol. The van der Waals surface area contributed by atoms with Crippen LogP contribution in [0.1, 0.15) is 22.7 Å². The van der Waals surface area contributed by atoms with Gasteiger partial charge < -0.3 is 4.90 Å². The van der Waals surface area contributed by atoms with E-state index >= 15 is 0 Å². The molecule has 4 aromatic rings. The van der Waals surface area contributed by atoms with Crippen molar-refractivity contribution in [1.82, 2.24) is 0 Å². The van der Waals surface area contributed by atoms with Crippen molar-refractivity contribution in [2.24, 2.45) is 0 Å². The summed E-state index contributed by atoms with van der Waals surface area (Å²) in [6, 6.07) is 43.6. The predicted octanol–water partition coefficient (Wildman–Crippen LogP) is 6.19. The van der Waals surface area contributed by atoms with Crippen LogP contribution in [0.2, 0.25) is 0 Å². The van der Waals surface area contributed by atoms with Crippen molar-refractivity contribution in [2.45, 2.75) is 11.6 Å². The Morgan fingerprint density at radius 3 is 1.37 bits per heavy atom. The fraction of sp³-hybridized carbons (Fsp3) is 0.0769. The first-order chi connectivity index (χ1) is 13.4. The fourth-order valence-corrected chi connectivity index (χ4v) is 4.40. The molecule has 0 aliphatic carbocycles. The zero-order valence-electron chi connectivity index (χ0n) is 15.1. The first-order valence-electron chi connectivity index (χ1n) is 9.43. The highest BCUT2D eigenvalue weighted by Gasteiger charge is 2.65. The van der Waals surface area contributed by atoms with Crippen molar-refractivity contribution in [1.29, 1.82) is 0 Å². The summed E-state index contributed by atoms with van der Waals surface area (Å²) in [6.07, 6.45) is 0. The molecular formula is C26H21N. The maximum absolute atomic E-state index is 2.55. The van der Waals surface area contributed by atoms with Gasteiger partial charge in [0.05, 0.1) is 6.04 Å². The summed E-state index contributed by atoms with van der Waals surface area (Å²) in [5, 5.41) is 0. The maximum atomic E-state index is 2.55. The molecule has 5 rings (SSSR count). The lowest BCUT2D eigenvalue weighted by Crippen LogP contribution is -2.18. The number of anilines is 1. The summed E-state index contributed by atoms with van der Waals surface area (Å²) in [4.78, 5) is 2.55. The quantitative estimate of drug-likeness (QED) is 0.398. The first kappa shape index (κ1) is 15.9. The molecule has 1 fully saturated rings. The van der Waals surface area contributed by atoms with Gasteiger partial charge in [0.2, 0.25) is 0 Å². The molecule has 0 amide bonds. The van der Waals surface area contributed by atoms with Crippen LogP contribution in [0.5, 0.6) is 0 Å². The van der Waals surface area contributed by atoms with Crippen molar-refractivity contribution < 1.29 is 0 Å². The maximum Gasteiger partial charge on any atom is 0.116 e. The molecule has 130 valence electrons. The molecule has 0 radical (unpaired) electrons. The van der Waals surface area contributed by atoms with Crippen LogP contribution in [0.15, 0.2) is 121 Å². The average Bonchev–Trinajstić information content (AvgIpc) is 3.48. The lowest BCUT2D eigenvalue weighted by atomic mass is 9.85. The summed E-state index contributed by atoms with van der Waals surface area (Å²) in [5.41, 5.74) is 5.06. The van der Waals surface area contributed by atoms with Gasteiger partial charge in [-0.3, -0.25) is 0 Å². The van der Waals surface area contributed by atoms with Gasteiger partial charge in [-0.25, -0.2) is 0 Å². The van der Waals surface area contributed by atoms with E-state index in [1.807, 2.05) is 0 Å². The Balaban J connectivity index is 1.77. The van der Waals surface area contributed by atoms with Crippen LogP contribution in [0.4, 0.5) is 5.69 Å². The summed E-state index contributed by atoms with van der Waals surface area (Å²) in [7, 11) is 0. The topological polar surface area (TPSA) is 3.01 Å². The van der Waals surface area contributed by atoms with E-state index in [2.05, 4.69) is 126 Å². The molecule has 0 saturated carbocycles. The zero-order valence-corrected chi connectivity index (χ0v) is 15.1. The summed E-state index contributed by atoms with van der Waals surface area (Å²) >= 11 is 0. The molecule has 0 aromatic heterocycles. The van der Waals surface area contributed by atoms with Gasteiger partial charge in [-0.05, 0) is 28.8 Å². The van der Waals surface area contributed by atoms with Crippen LogP contribution in [0, 0.1) is 0 Å². The Labute approximate surface area is 160 Å². The summed E-state index contributed by atoms with van der Waals surface area (Å²) in [6.45, 7) is 0. The third kappa shape index (κ3) is 2.47. The molecule has 0 N–H and O–H groups in total. The zero-order chi connectivity index (χ0) is 18.1. The number of rotatable bonds is 4. The molecule has 1 unspecified atom stereocenters. The van der Waals surface area contributed by atoms with Crippen molar-refractivity contribution in [3.05, 3.63) is 138 Å². The van der Waals surface area contributed by atoms with E-state index in [1.165, 1.54) is 22.4 Å². The van der Waals surface area contributed by atoms with E-state index in [-0.39, 0.29) is 11.6 Å². The predicted molar refractivity (Wildman–Crippen MR) is 112 cm³/mol. The smallest absolute Gasteiger partial charge is 0.116 e. The number of benzene rings is 4. The molecule has 27 heavy (non-hydrogen) atoms. The molecule has 4 aromatic carbocycles. The van der Waals surface area contributed by atoms with Gasteiger partial charge in [0.25, 0.3) is 0 Å². The highest BCUT2D eigenvalue weighted by molar-refractivity contribution is 5.71. The van der Waals surface area contributed by atoms with E-state index in [0.717, 1.165) is 0 Å². The Hall–Kier alpha value is -3.32. The van der Waals surface area contributed by atoms with Gasteiger partial charge >= 0.3 is 0 Å². The molecule has 1 aliphatic heterocycles. The third-order valence-corrected chi connectivity index (χ3v) is 5.54. The van der Waals surface area contributed by atoms with E-state index in [9.17, 15) is 0 Å². The van der Waals surface area contributed by atoms with Crippen LogP contribution in [-0.2, 0) is 5.54 Å². The van der Waals surface area contributed by atoms with Crippen LogP contribution < -0.4 is 4.90 Å². The minimum atomic E-state index is -0.189. The highest BCUT2D eigenvalue weighted by atomic mass is 15.4. The minimum Gasteiger partial charge on any atom is -0.345 e. The van der Waals surface area contributed by atoms with E-state index in [0.29, 0.717) is 0 Å². The normalized spacial score (nSPS) is 17.5. The standard InChI is InChI=1S/C26H21N/c1-5-13-21(14-6-1)25-26(22-15-7-2-8-16-22,23-17-9-3-10-18-23)27(25)24-19-11-4-12-20-24/h1-20,25H. The summed E-state index contributed by atoms with van der Waals surface area (Å²) < 4.78 is 0. The highest BCUT2D eigenvalue weighted by Crippen LogP contribution is 2.65. The van der Waals surface area contributed by atoms with Gasteiger partial charge in [-0.1, -0.05) is 109 Å². The lowest BCUT2D eigenvalue weighted by Gasteiger charge is -2.20. The van der Waals surface area contributed by atoms with Crippen molar-refractivity contribution >= 4 is 5.69 Å². The molecule has 1 saturated heterocycles. The fourth-order valence-electron chi connectivity index (χ4n) is 4.40. The molecule has 1 atom stereocenters. The monoisotopic (exact) mass is 347 g/mol. The van der Waals surface area contributed by atoms with Crippen LogP contribution in [-0.4, -0.2) is 0 Å². The minimum absolute atomic E-state index is 0.189. The number of hydrogen-bond donors (Lipinski definition) is 0. The van der Waals surface area contributed by atoms with Crippen LogP contribution >= 0.6 is 0 Å². The number of nitrogens with zero attached hydrogens (tertiary/aromatic N) is 1. The first-order valence-corrected chi connectivity index (χ1v) is 9.43. The molecule has 0 bridgehead atoms. The van der Waals surface area contributed by atoms with Crippen molar-refractivity contribution in [3.63, 3.8) is 0 Å². The number of hydrogen-bond acceptors (Lipinski definition) is 1. The van der Waals surface area contributed by atoms with Crippen LogP contribution in [0.25, 0.3) is 0 Å². The van der Waals surface area contributed by atoms with Gasteiger partial charge in [-0.15, -0.1) is 0 Å². The molecule has 0 spiro atoms. The third-order valence-electron chi connectivity index (χ3n) is 5.54. The molecule has 1 nitrogen and oxygen atoms in total. The van der Waals surface area contributed by atoms with Gasteiger partial charge in [-0.2, -0.15) is 0 Å².